The first-order valence-electron chi connectivity index (χ1n) is 4.40. The van der Waals surface area contributed by atoms with Crippen LogP contribution in [-0.4, -0.2) is 18.2 Å². The summed E-state index contributed by atoms with van der Waals surface area (Å²) in [6.07, 6.45) is -4.88. The van der Waals surface area contributed by atoms with E-state index >= 15 is 0 Å². The summed E-state index contributed by atoms with van der Waals surface area (Å²) >= 11 is 0. The number of rotatable bonds is 3. The molecule has 0 saturated carbocycles. The Labute approximate surface area is 94.3 Å². The maximum absolute atomic E-state index is 12.5. The Bertz CT molecular complexity index is 440. The van der Waals surface area contributed by atoms with Gasteiger partial charge in [-0.05, 0) is 17.7 Å². The smallest absolute Gasteiger partial charge is 0.415 e. The van der Waals surface area contributed by atoms with Crippen LogP contribution in [0.4, 0.5) is 13.2 Å². The van der Waals surface area contributed by atoms with Gasteiger partial charge in [-0.25, -0.2) is 4.79 Å². The Kier molecular flexibility index (Phi) is 3.62. The first-order chi connectivity index (χ1) is 7.77. The van der Waals surface area contributed by atoms with Crippen LogP contribution in [0.1, 0.15) is 21.5 Å². The summed E-state index contributed by atoms with van der Waals surface area (Å²) in [5.74, 6) is -2.79. The highest BCUT2D eigenvalue weighted by atomic mass is 19.4. The normalized spacial score (nSPS) is 11.5. The minimum Gasteiger partial charge on any atom is -0.872 e. The van der Waals surface area contributed by atoms with E-state index in [0.29, 0.717) is 6.07 Å². The van der Waals surface area contributed by atoms with E-state index < -0.39 is 29.0 Å². The fraction of sp³-hybridized carbons (Fsp3) is 0.300. The van der Waals surface area contributed by atoms with Crippen LogP contribution in [0, 0.1) is 0 Å². The second-order valence-corrected chi connectivity index (χ2v) is 3.25. The SMILES string of the molecule is COCc1cc(C(=O)O)cc(C(F)(F)F)c1[O-]. The van der Waals surface area contributed by atoms with Crippen molar-refractivity contribution in [3.63, 3.8) is 0 Å². The molecule has 17 heavy (non-hydrogen) atoms. The fourth-order valence-electron chi connectivity index (χ4n) is 1.29. The minimum atomic E-state index is -4.88. The number of alkyl halides is 3. The molecule has 0 fully saturated rings. The monoisotopic (exact) mass is 249 g/mol. The zero-order valence-corrected chi connectivity index (χ0v) is 8.67. The molecule has 0 aliphatic rings. The van der Waals surface area contributed by atoms with Crippen molar-refractivity contribution in [1.82, 2.24) is 0 Å². The van der Waals surface area contributed by atoms with Crippen molar-refractivity contribution in [1.29, 1.82) is 0 Å². The van der Waals surface area contributed by atoms with Gasteiger partial charge in [-0.15, -0.1) is 0 Å². The summed E-state index contributed by atoms with van der Waals surface area (Å²) in [7, 11) is 1.19. The lowest BCUT2D eigenvalue weighted by atomic mass is 10.0. The van der Waals surface area contributed by atoms with Crippen LogP contribution in [0.2, 0.25) is 0 Å². The van der Waals surface area contributed by atoms with Gasteiger partial charge in [0.25, 0.3) is 0 Å². The van der Waals surface area contributed by atoms with Gasteiger partial charge in [0.2, 0.25) is 0 Å². The van der Waals surface area contributed by atoms with Crippen LogP contribution in [0.15, 0.2) is 12.1 Å². The lowest BCUT2D eigenvalue weighted by molar-refractivity contribution is -0.277. The summed E-state index contributed by atoms with van der Waals surface area (Å²) in [5.41, 5.74) is -2.42. The molecule has 94 valence electrons. The predicted molar refractivity (Wildman–Crippen MR) is 48.6 cm³/mol. The highest BCUT2D eigenvalue weighted by Gasteiger charge is 2.32. The predicted octanol–water partition coefficient (Wildman–Crippen LogP) is 1.62. The number of halogens is 3. The first kappa shape index (κ1) is 13.3. The molecule has 0 radical (unpaired) electrons. The van der Waals surface area contributed by atoms with Gasteiger partial charge < -0.3 is 14.9 Å². The number of carbonyl (C=O) groups is 1. The van der Waals surface area contributed by atoms with Gasteiger partial charge in [-0.2, -0.15) is 13.2 Å². The van der Waals surface area contributed by atoms with E-state index in [0.717, 1.165) is 6.07 Å². The minimum absolute atomic E-state index is 0.323. The molecule has 0 unspecified atom stereocenters. The van der Waals surface area contributed by atoms with Crippen molar-refractivity contribution in [2.45, 2.75) is 12.8 Å². The Balaban J connectivity index is 3.43. The highest BCUT2D eigenvalue weighted by Crippen LogP contribution is 2.37. The largest absolute Gasteiger partial charge is 0.872 e. The molecule has 0 saturated heterocycles. The topological polar surface area (TPSA) is 69.6 Å². The molecule has 0 atom stereocenters. The van der Waals surface area contributed by atoms with E-state index in [-0.39, 0.29) is 12.2 Å². The van der Waals surface area contributed by atoms with E-state index in [2.05, 4.69) is 4.74 Å². The number of hydrogen-bond acceptors (Lipinski definition) is 3. The molecule has 0 amide bonds. The van der Waals surface area contributed by atoms with Crippen LogP contribution in [-0.2, 0) is 17.5 Å². The van der Waals surface area contributed by atoms with Crippen molar-refractivity contribution in [2.75, 3.05) is 7.11 Å². The van der Waals surface area contributed by atoms with Crippen molar-refractivity contribution >= 4 is 5.97 Å². The zero-order valence-electron chi connectivity index (χ0n) is 8.67. The summed E-state index contributed by atoms with van der Waals surface area (Å²) in [5, 5.41) is 20.0. The molecule has 1 rings (SSSR count). The molecule has 0 aliphatic heterocycles. The number of carboxylic acids is 1. The molecule has 4 nitrogen and oxygen atoms in total. The van der Waals surface area contributed by atoms with Gasteiger partial charge >= 0.3 is 12.1 Å². The van der Waals surface area contributed by atoms with E-state index in [4.69, 9.17) is 5.11 Å². The number of hydrogen-bond donors (Lipinski definition) is 1. The Morgan fingerprint density at radius 3 is 2.47 bits per heavy atom. The second-order valence-electron chi connectivity index (χ2n) is 3.25. The van der Waals surface area contributed by atoms with Crippen LogP contribution in [0.25, 0.3) is 0 Å². The Hall–Kier alpha value is -1.76. The van der Waals surface area contributed by atoms with Gasteiger partial charge in [-0.3, -0.25) is 0 Å². The van der Waals surface area contributed by atoms with E-state index in [1.807, 2.05) is 0 Å². The molecule has 0 aromatic heterocycles. The highest BCUT2D eigenvalue weighted by molar-refractivity contribution is 5.88. The lowest BCUT2D eigenvalue weighted by Crippen LogP contribution is -2.14. The number of ether oxygens (including phenoxy) is 1. The third-order valence-electron chi connectivity index (χ3n) is 2.02. The van der Waals surface area contributed by atoms with Crippen LogP contribution in [0.3, 0.4) is 0 Å². The first-order valence-corrected chi connectivity index (χ1v) is 4.40. The summed E-state index contributed by atoms with van der Waals surface area (Å²) in [4.78, 5) is 10.6. The maximum atomic E-state index is 12.5. The molecule has 0 aliphatic carbocycles. The number of benzene rings is 1. The van der Waals surface area contributed by atoms with Crippen LogP contribution in [0.5, 0.6) is 5.75 Å². The van der Waals surface area contributed by atoms with Crippen molar-refractivity contribution < 1.29 is 32.9 Å². The molecule has 7 heteroatoms. The molecule has 0 heterocycles. The molecule has 1 aromatic rings. The maximum Gasteiger partial charge on any atom is 0.415 e. The van der Waals surface area contributed by atoms with Crippen LogP contribution < -0.4 is 5.11 Å². The van der Waals surface area contributed by atoms with E-state index in [1.165, 1.54) is 7.11 Å². The Morgan fingerprint density at radius 1 is 1.47 bits per heavy atom. The number of aromatic carboxylic acids is 1. The second kappa shape index (κ2) is 4.62. The average Bonchev–Trinajstić information content (AvgIpc) is 2.19. The van der Waals surface area contributed by atoms with Crippen LogP contribution >= 0.6 is 0 Å². The standard InChI is InChI=1S/C10H9F3O4/c1-17-4-6-2-5(9(15)16)3-7(8(6)14)10(11,12)13/h2-3,14H,4H2,1H3,(H,15,16)/p-1. The van der Waals surface area contributed by atoms with Crippen molar-refractivity contribution in [3.8, 4) is 5.75 Å². The molecular weight excluding hydrogens is 241 g/mol. The van der Waals surface area contributed by atoms with Gasteiger partial charge in [0.05, 0.1) is 12.2 Å². The third kappa shape index (κ3) is 2.88. The summed E-state index contributed by atoms with van der Waals surface area (Å²) < 4.78 is 42.0. The van der Waals surface area contributed by atoms with Gasteiger partial charge in [-0.1, -0.05) is 5.75 Å². The van der Waals surface area contributed by atoms with Gasteiger partial charge in [0, 0.05) is 12.7 Å². The van der Waals surface area contributed by atoms with E-state index in [9.17, 15) is 23.1 Å². The molecular formula is C10H8F3O4-. The van der Waals surface area contributed by atoms with E-state index in [1.54, 1.807) is 0 Å². The fourth-order valence-corrected chi connectivity index (χ4v) is 1.29. The summed E-state index contributed by atoms with van der Waals surface area (Å²) in [6.45, 7) is -0.372. The van der Waals surface area contributed by atoms with Crippen molar-refractivity contribution in [2.24, 2.45) is 0 Å². The lowest BCUT2D eigenvalue weighted by Gasteiger charge is -2.21. The molecule has 0 spiro atoms. The molecule has 1 N–H and O–H groups in total. The van der Waals surface area contributed by atoms with Gasteiger partial charge in [0.1, 0.15) is 0 Å². The summed E-state index contributed by atoms with van der Waals surface area (Å²) in [6, 6.07) is 1.20. The number of methoxy groups -OCH3 is 1. The van der Waals surface area contributed by atoms with Crippen molar-refractivity contribution in [3.05, 3.63) is 28.8 Å². The zero-order chi connectivity index (χ0) is 13.2. The quantitative estimate of drug-likeness (QED) is 0.883. The average molecular weight is 249 g/mol. The molecule has 1 aromatic carbocycles. The third-order valence-corrected chi connectivity index (χ3v) is 2.02. The van der Waals surface area contributed by atoms with Gasteiger partial charge in [0.15, 0.2) is 0 Å². The Morgan fingerprint density at radius 2 is 2.06 bits per heavy atom. The molecule has 0 bridgehead atoms. The number of carboxylic acid groups (broad SMARTS) is 1.